The second-order valence-electron chi connectivity index (χ2n) is 2.90. The van der Waals surface area contributed by atoms with E-state index in [1.54, 1.807) is 0 Å². The first-order valence-corrected chi connectivity index (χ1v) is 5.11. The van der Waals surface area contributed by atoms with E-state index < -0.39 is 0 Å². The lowest BCUT2D eigenvalue weighted by Gasteiger charge is -2.02. The number of thioether (sulfide) groups is 1. The molecule has 0 rings (SSSR count). The molecular formula is C8H18OS. The van der Waals surface area contributed by atoms with Gasteiger partial charge in [0.05, 0.1) is 0 Å². The summed E-state index contributed by atoms with van der Waals surface area (Å²) in [4.78, 5) is 0. The molecule has 0 aliphatic carbocycles. The Hall–Kier alpha value is 0.310. The summed E-state index contributed by atoms with van der Waals surface area (Å²) in [5.74, 6) is 3.27. The molecule has 0 bridgehead atoms. The van der Waals surface area contributed by atoms with Crippen LogP contribution in [-0.4, -0.2) is 23.2 Å². The van der Waals surface area contributed by atoms with Crippen LogP contribution < -0.4 is 0 Å². The normalized spacial score (nSPS) is 10.8. The maximum Gasteiger partial charge on any atom is 0.0431 e. The number of unbranched alkanes of at least 4 members (excludes halogenated alkanes) is 1. The Labute approximate surface area is 68.2 Å². The molecule has 1 N–H and O–H groups in total. The number of aliphatic hydroxyl groups excluding tert-OH is 1. The van der Waals surface area contributed by atoms with Gasteiger partial charge in [0.1, 0.15) is 0 Å². The van der Waals surface area contributed by atoms with Crippen LogP contribution in [0.15, 0.2) is 0 Å². The van der Waals surface area contributed by atoms with E-state index in [0.717, 1.165) is 18.8 Å². The lowest BCUT2D eigenvalue weighted by Crippen LogP contribution is -1.93. The van der Waals surface area contributed by atoms with Crippen LogP contribution in [0.4, 0.5) is 0 Å². The fourth-order valence-corrected chi connectivity index (χ4v) is 1.68. The van der Waals surface area contributed by atoms with E-state index in [0.29, 0.717) is 6.61 Å². The Morgan fingerprint density at radius 3 is 2.50 bits per heavy atom. The molecule has 0 saturated carbocycles. The molecule has 10 heavy (non-hydrogen) atoms. The van der Waals surface area contributed by atoms with Crippen molar-refractivity contribution in [3.8, 4) is 0 Å². The van der Waals surface area contributed by atoms with E-state index in [1.807, 2.05) is 11.8 Å². The third-order valence-electron chi connectivity index (χ3n) is 1.15. The van der Waals surface area contributed by atoms with E-state index in [1.165, 1.54) is 11.5 Å². The van der Waals surface area contributed by atoms with E-state index in [-0.39, 0.29) is 0 Å². The van der Waals surface area contributed by atoms with Crippen LogP contribution in [0.3, 0.4) is 0 Å². The maximum absolute atomic E-state index is 8.47. The third-order valence-corrected chi connectivity index (χ3v) is 2.63. The van der Waals surface area contributed by atoms with Crippen molar-refractivity contribution in [2.24, 2.45) is 5.92 Å². The molecule has 0 aromatic heterocycles. The first-order chi connectivity index (χ1) is 4.77. The summed E-state index contributed by atoms with van der Waals surface area (Å²) in [6.07, 6.45) is 2.12. The molecule has 0 aromatic rings. The molecule has 2 heteroatoms. The molecule has 62 valence electrons. The number of rotatable bonds is 6. The summed E-state index contributed by atoms with van der Waals surface area (Å²) in [7, 11) is 0. The van der Waals surface area contributed by atoms with Gasteiger partial charge in [0.25, 0.3) is 0 Å². The smallest absolute Gasteiger partial charge is 0.0431 e. The van der Waals surface area contributed by atoms with Crippen molar-refractivity contribution in [2.45, 2.75) is 26.7 Å². The van der Waals surface area contributed by atoms with Gasteiger partial charge in [-0.3, -0.25) is 0 Å². The summed E-state index contributed by atoms with van der Waals surface area (Å²) >= 11 is 1.99. The molecule has 0 aromatic carbocycles. The van der Waals surface area contributed by atoms with Gasteiger partial charge in [-0.05, 0) is 30.3 Å². The highest BCUT2D eigenvalue weighted by Crippen LogP contribution is 2.09. The molecule has 0 aliphatic heterocycles. The predicted molar refractivity (Wildman–Crippen MR) is 48.5 cm³/mol. The van der Waals surface area contributed by atoms with Crippen LogP contribution in [0.5, 0.6) is 0 Å². The Kier molecular flexibility index (Phi) is 7.65. The largest absolute Gasteiger partial charge is 0.396 e. The quantitative estimate of drug-likeness (QED) is 0.604. The van der Waals surface area contributed by atoms with Gasteiger partial charge >= 0.3 is 0 Å². The number of aliphatic hydroxyl groups is 1. The molecule has 0 fully saturated rings. The zero-order valence-corrected chi connectivity index (χ0v) is 7.78. The zero-order valence-electron chi connectivity index (χ0n) is 6.97. The zero-order chi connectivity index (χ0) is 7.82. The summed E-state index contributed by atoms with van der Waals surface area (Å²) in [5, 5.41) is 8.47. The first-order valence-electron chi connectivity index (χ1n) is 3.96. The SMILES string of the molecule is CC(C)CSCCCCO. The van der Waals surface area contributed by atoms with Gasteiger partial charge < -0.3 is 5.11 Å². The summed E-state index contributed by atoms with van der Waals surface area (Å²) in [6.45, 7) is 4.82. The molecule has 0 atom stereocenters. The summed E-state index contributed by atoms with van der Waals surface area (Å²) < 4.78 is 0. The fourth-order valence-electron chi connectivity index (χ4n) is 0.635. The van der Waals surface area contributed by atoms with Gasteiger partial charge in [0, 0.05) is 6.61 Å². The van der Waals surface area contributed by atoms with Gasteiger partial charge in [0.15, 0.2) is 0 Å². The highest BCUT2D eigenvalue weighted by molar-refractivity contribution is 7.99. The molecule has 0 saturated heterocycles. The van der Waals surface area contributed by atoms with Crippen LogP contribution in [0.1, 0.15) is 26.7 Å². The first kappa shape index (κ1) is 10.3. The molecule has 1 nitrogen and oxygen atoms in total. The summed E-state index contributed by atoms with van der Waals surface area (Å²) in [5.41, 5.74) is 0. The number of hydrogen-bond donors (Lipinski definition) is 1. The Morgan fingerprint density at radius 1 is 1.30 bits per heavy atom. The fraction of sp³-hybridized carbons (Fsp3) is 1.00. The van der Waals surface area contributed by atoms with E-state index in [2.05, 4.69) is 13.8 Å². The summed E-state index contributed by atoms with van der Waals surface area (Å²) in [6, 6.07) is 0. The maximum atomic E-state index is 8.47. The van der Waals surface area contributed by atoms with Gasteiger partial charge in [-0.15, -0.1) is 0 Å². The lowest BCUT2D eigenvalue weighted by atomic mass is 10.3. The minimum atomic E-state index is 0.349. The molecule has 0 radical (unpaired) electrons. The van der Waals surface area contributed by atoms with Crippen molar-refractivity contribution in [3.63, 3.8) is 0 Å². The number of hydrogen-bond acceptors (Lipinski definition) is 2. The second kappa shape index (κ2) is 7.42. The van der Waals surface area contributed by atoms with Crippen LogP contribution >= 0.6 is 11.8 Å². The van der Waals surface area contributed by atoms with Crippen LogP contribution in [0.25, 0.3) is 0 Å². The highest BCUT2D eigenvalue weighted by atomic mass is 32.2. The topological polar surface area (TPSA) is 20.2 Å². The molecule has 0 heterocycles. The minimum absolute atomic E-state index is 0.349. The molecule has 0 unspecified atom stereocenters. The van der Waals surface area contributed by atoms with Gasteiger partial charge in [-0.2, -0.15) is 11.8 Å². The van der Waals surface area contributed by atoms with Crippen molar-refractivity contribution in [3.05, 3.63) is 0 Å². The standard InChI is InChI=1S/C8H18OS/c1-8(2)7-10-6-4-3-5-9/h8-9H,3-7H2,1-2H3. The van der Waals surface area contributed by atoms with Crippen molar-refractivity contribution in [2.75, 3.05) is 18.1 Å². The van der Waals surface area contributed by atoms with E-state index in [9.17, 15) is 0 Å². The molecule has 0 amide bonds. The van der Waals surface area contributed by atoms with Crippen LogP contribution in [0.2, 0.25) is 0 Å². The van der Waals surface area contributed by atoms with Crippen molar-refractivity contribution in [1.82, 2.24) is 0 Å². The van der Waals surface area contributed by atoms with E-state index >= 15 is 0 Å². The highest BCUT2D eigenvalue weighted by Gasteiger charge is 1.93. The van der Waals surface area contributed by atoms with E-state index in [4.69, 9.17) is 5.11 Å². The van der Waals surface area contributed by atoms with Gasteiger partial charge in [0.2, 0.25) is 0 Å². The van der Waals surface area contributed by atoms with Crippen LogP contribution in [-0.2, 0) is 0 Å². The van der Waals surface area contributed by atoms with Gasteiger partial charge in [-0.1, -0.05) is 13.8 Å². The van der Waals surface area contributed by atoms with Crippen molar-refractivity contribution in [1.29, 1.82) is 0 Å². The van der Waals surface area contributed by atoms with Crippen molar-refractivity contribution < 1.29 is 5.11 Å². The lowest BCUT2D eigenvalue weighted by molar-refractivity contribution is 0.287. The van der Waals surface area contributed by atoms with Crippen LogP contribution in [0, 0.1) is 5.92 Å². The average Bonchev–Trinajstić information content (AvgIpc) is 1.87. The Bertz CT molecular complexity index is 64.3. The van der Waals surface area contributed by atoms with Gasteiger partial charge in [-0.25, -0.2) is 0 Å². The Balaban J connectivity index is 2.77. The average molecular weight is 162 g/mol. The molecule has 0 spiro atoms. The van der Waals surface area contributed by atoms with Crippen molar-refractivity contribution >= 4 is 11.8 Å². The monoisotopic (exact) mass is 162 g/mol. The predicted octanol–water partition coefficient (Wildman–Crippen LogP) is 2.15. The molecular weight excluding hydrogens is 144 g/mol. The minimum Gasteiger partial charge on any atom is -0.396 e. The Morgan fingerprint density at radius 2 is 2.00 bits per heavy atom. The second-order valence-corrected chi connectivity index (χ2v) is 4.05. The molecule has 0 aliphatic rings. The third kappa shape index (κ3) is 8.31.